The zero-order chi connectivity index (χ0) is 37.1. The summed E-state index contributed by atoms with van der Waals surface area (Å²) in [6.07, 6.45) is 0. The number of phosphoric ester groups is 5. The molecule has 0 aromatic heterocycles. The van der Waals surface area contributed by atoms with Crippen LogP contribution in [0.4, 0.5) is 0 Å². The lowest BCUT2D eigenvalue weighted by Gasteiger charge is -2.24. The SMILES string of the molecule is O=P(O)(O)OCN(COP(=O)(O)O)Cc1ccc(CN(COP(=O)(O)O)Cc2ccc(CN(COP(=O)(O)O)COP(=O)(O)O)cc2)cc1. The van der Waals surface area contributed by atoms with E-state index in [2.05, 4.69) is 22.6 Å². The van der Waals surface area contributed by atoms with Gasteiger partial charge < -0.3 is 48.9 Å². The molecule has 0 aliphatic carbocycles. The molecule has 0 amide bonds. The first-order chi connectivity index (χ1) is 22.3. The van der Waals surface area contributed by atoms with Gasteiger partial charge in [-0.1, -0.05) is 48.5 Å². The lowest BCUT2D eigenvalue weighted by molar-refractivity contribution is 0.0188. The smallest absolute Gasteiger partial charge is 0.303 e. The van der Waals surface area contributed by atoms with Crippen molar-refractivity contribution >= 4 is 39.1 Å². The molecule has 23 nitrogen and oxygen atoms in total. The van der Waals surface area contributed by atoms with E-state index in [0.29, 0.717) is 22.3 Å². The lowest BCUT2D eigenvalue weighted by Crippen LogP contribution is -2.28. The highest BCUT2D eigenvalue weighted by molar-refractivity contribution is 7.47. The fourth-order valence-corrected chi connectivity index (χ4v) is 5.29. The Morgan fingerprint density at radius 3 is 0.694 bits per heavy atom. The van der Waals surface area contributed by atoms with Crippen LogP contribution in [0.1, 0.15) is 22.3 Å². The zero-order valence-corrected chi connectivity index (χ0v) is 29.6. The molecule has 0 aliphatic rings. The molecule has 2 rings (SSSR count). The first kappa shape index (κ1) is 44.0. The highest BCUT2D eigenvalue weighted by Gasteiger charge is 2.23. The van der Waals surface area contributed by atoms with Gasteiger partial charge in [-0.15, -0.1) is 0 Å². The van der Waals surface area contributed by atoms with Crippen LogP contribution in [0, 0.1) is 0 Å². The third kappa shape index (κ3) is 22.4. The largest absolute Gasteiger partial charge is 0.470 e. The first-order valence-electron chi connectivity index (χ1n) is 13.2. The Kier molecular flexibility index (Phi) is 17.2. The average molecular weight is 805 g/mol. The summed E-state index contributed by atoms with van der Waals surface area (Å²) < 4.78 is 78.0. The lowest BCUT2D eigenvalue weighted by atomic mass is 10.1. The predicted octanol–water partition coefficient (Wildman–Crippen LogP) is 0.627. The van der Waals surface area contributed by atoms with E-state index in [-0.39, 0.29) is 26.2 Å². The molecule has 0 spiro atoms. The number of rotatable bonds is 23. The monoisotopic (exact) mass is 805 g/mol. The fraction of sp³-hybridized carbons (Fsp3) is 0.429. The third-order valence-corrected chi connectivity index (χ3v) is 7.97. The molecular weight excluding hydrogens is 769 g/mol. The number of phosphoric acid groups is 5. The Bertz CT molecular complexity index is 1400. The van der Waals surface area contributed by atoms with Crippen LogP contribution >= 0.6 is 39.1 Å². The van der Waals surface area contributed by atoms with Crippen LogP contribution in [-0.4, -0.2) is 97.3 Å². The van der Waals surface area contributed by atoms with Gasteiger partial charge >= 0.3 is 39.1 Å². The molecule has 2 aromatic carbocycles. The molecule has 2 aromatic rings. The number of nitrogens with zero attached hydrogens (tertiary/aromatic N) is 3. The van der Waals surface area contributed by atoms with Crippen molar-refractivity contribution in [1.82, 2.24) is 14.7 Å². The summed E-state index contributed by atoms with van der Waals surface area (Å²) >= 11 is 0. The minimum atomic E-state index is -4.92. The van der Waals surface area contributed by atoms with Crippen LogP contribution < -0.4 is 0 Å². The van der Waals surface area contributed by atoms with Gasteiger partial charge in [0.1, 0.15) is 33.7 Å². The quantitative estimate of drug-likeness (QED) is 0.0543. The molecular formula is C21H36N3O20P5. The molecule has 49 heavy (non-hydrogen) atoms. The van der Waals surface area contributed by atoms with Gasteiger partial charge in [0.15, 0.2) is 0 Å². The van der Waals surface area contributed by atoms with Gasteiger partial charge in [0, 0.05) is 26.2 Å². The molecule has 0 heterocycles. The molecule has 280 valence electrons. The molecule has 0 atom stereocenters. The van der Waals surface area contributed by atoms with E-state index >= 15 is 0 Å². The van der Waals surface area contributed by atoms with E-state index in [4.69, 9.17) is 39.1 Å². The van der Waals surface area contributed by atoms with Crippen LogP contribution in [0.5, 0.6) is 0 Å². The molecule has 0 saturated carbocycles. The van der Waals surface area contributed by atoms with Gasteiger partial charge in [-0.25, -0.2) is 22.8 Å². The maximum absolute atomic E-state index is 11.4. The molecule has 0 saturated heterocycles. The average Bonchev–Trinajstić information content (AvgIpc) is 2.94. The van der Waals surface area contributed by atoms with Gasteiger partial charge in [0.25, 0.3) is 0 Å². The van der Waals surface area contributed by atoms with Gasteiger partial charge in [-0.05, 0) is 22.3 Å². The summed E-state index contributed by atoms with van der Waals surface area (Å²) in [6.45, 7) is -3.54. The number of benzene rings is 2. The number of hydrogen-bond acceptors (Lipinski definition) is 13. The van der Waals surface area contributed by atoms with Gasteiger partial charge in [-0.3, -0.25) is 37.3 Å². The highest BCUT2D eigenvalue weighted by atomic mass is 31.2. The van der Waals surface area contributed by atoms with Crippen LogP contribution in [0.2, 0.25) is 0 Å². The standard InChI is InChI=1S/C21H36N3O20P5/c25-45(26,27)40-13-22(9-18-1-5-20(6-2-18)11-23(14-41-46(28,29)30)15-42-47(31,32)33)10-19-3-7-21(8-4-19)12-24(16-43-48(34,35)36)17-44-49(37,38)39/h1-8H,9-17H2,(H2,25,26,27)(H2,28,29,30)(H2,31,32,33)(H2,34,35,36)(H2,37,38,39). The summed E-state index contributed by atoms with van der Waals surface area (Å²) in [7, 11) is -24.5. The molecule has 0 unspecified atom stereocenters. The molecule has 0 fully saturated rings. The zero-order valence-electron chi connectivity index (χ0n) is 25.1. The number of hydrogen-bond donors (Lipinski definition) is 10. The van der Waals surface area contributed by atoms with Crippen LogP contribution in [-0.2, 0) is 71.6 Å². The van der Waals surface area contributed by atoms with Crippen molar-refractivity contribution in [3.8, 4) is 0 Å². The fourth-order valence-electron chi connectivity index (χ4n) is 3.72. The summed E-state index contributed by atoms with van der Waals surface area (Å²) in [6, 6.07) is 12.8. The Morgan fingerprint density at radius 2 is 0.510 bits per heavy atom. The normalized spacial score (nSPS) is 13.6. The first-order valence-corrected chi connectivity index (χ1v) is 20.8. The maximum Gasteiger partial charge on any atom is 0.470 e. The van der Waals surface area contributed by atoms with Crippen LogP contribution in [0.3, 0.4) is 0 Å². The summed E-state index contributed by atoms with van der Waals surface area (Å²) in [5.74, 6) is 0. The van der Waals surface area contributed by atoms with Crippen molar-refractivity contribution in [3.05, 3.63) is 70.8 Å². The van der Waals surface area contributed by atoms with Gasteiger partial charge in [0.05, 0.1) is 0 Å². The van der Waals surface area contributed by atoms with Crippen molar-refractivity contribution in [2.45, 2.75) is 26.2 Å². The van der Waals surface area contributed by atoms with Gasteiger partial charge in [0.2, 0.25) is 0 Å². The van der Waals surface area contributed by atoms with E-state index < -0.39 is 72.8 Å². The van der Waals surface area contributed by atoms with Crippen molar-refractivity contribution in [3.63, 3.8) is 0 Å². The predicted molar refractivity (Wildman–Crippen MR) is 163 cm³/mol. The van der Waals surface area contributed by atoms with Crippen molar-refractivity contribution in [2.75, 3.05) is 33.7 Å². The topological polar surface area (TPSA) is 344 Å². The van der Waals surface area contributed by atoms with Gasteiger partial charge in [-0.2, -0.15) is 0 Å². The Balaban J connectivity index is 2.14. The Hall–Kier alpha value is -1.13. The third-order valence-electron chi connectivity index (χ3n) is 5.71. The summed E-state index contributed by atoms with van der Waals surface area (Å²) in [4.78, 5) is 93.8. The highest BCUT2D eigenvalue weighted by Crippen LogP contribution is 2.39. The second-order valence-corrected chi connectivity index (χ2v) is 16.2. The van der Waals surface area contributed by atoms with Crippen molar-refractivity contribution in [2.24, 2.45) is 0 Å². The minimum absolute atomic E-state index is 0.0849. The van der Waals surface area contributed by atoms with Crippen molar-refractivity contribution in [1.29, 1.82) is 0 Å². The van der Waals surface area contributed by atoms with E-state index in [1.165, 1.54) is 4.90 Å². The molecule has 0 aliphatic heterocycles. The maximum atomic E-state index is 11.4. The molecule has 0 radical (unpaired) electrons. The van der Waals surface area contributed by atoms with E-state index in [9.17, 15) is 32.6 Å². The molecule has 10 N–H and O–H groups in total. The summed E-state index contributed by atoms with van der Waals surface area (Å²) in [5, 5.41) is 0. The van der Waals surface area contributed by atoms with E-state index in [1.54, 1.807) is 48.5 Å². The second-order valence-electron chi connectivity index (χ2n) is 10.0. The van der Waals surface area contributed by atoms with Crippen LogP contribution in [0.25, 0.3) is 0 Å². The summed E-state index contributed by atoms with van der Waals surface area (Å²) in [5.41, 5.74) is 2.25. The van der Waals surface area contributed by atoms with Crippen molar-refractivity contribution < 1.29 is 94.4 Å². The Morgan fingerprint density at radius 1 is 0.347 bits per heavy atom. The molecule has 0 bridgehead atoms. The van der Waals surface area contributed by atoms with E-state index in [1.807, 2.05) is 0 Å². The second kappa shape index (κ2) is 19.1. The van der Waals surface area contributed by atoms with Crippen LogP contribution in [0.15, 0.2) is 48.5 Å². The Labute approximate surface area is 278 Å². The molecule has 28 heteroatoms. The van der Waals surface area contributed by atoms with E-state index in [0.717, 1.165) is 9.80 Å². The minimum Gasteiger partial charge on any atom is -0.303 e.